The summed E-state index contributed by atoms with van der Waals surface area (Å²) in [5.74, 6) is 0.665. The molecule has 1 aliphatic rings. The molecule has 3 rings (SSSR count). The van der Waals surface area contributed by atoms with Crippen LogP contribution in [-0.4, -0.2) is 47.5 Å². The third-order valence-electron chi connectivity index (χ3n) is 4.39. The van der Waals surface area contributed by atoms with E-state index >= 15 is 0 Å². The molecular weight excluding hydrogens is 260 g/mol. The fraction of sp³-hybridized carbons (Fsp3) is 0.471. The highest BCUT2D eigenvalue weighted by atomic mass is 15.2. The molecule has 2 N–H and O–H groups in total. The monoisotopic (exact) mass is 284 g/mol. The van der Waals surface area contributed by atoms with Crippen molar-refractivity contribution in [2.45, 2.75) is 25.9 Å². The molecule has 0 saturated carbocycles. The Bertz CT molecular complexity index is 625. The molecule has 112 valence electrons. The number of fused-ring (bicyclic) bond motifs is 1. The number of aromatic nitrogens is 1. The standard InChI is InChI=1S/C17H24N4/c1-13-11-20(2)8-5-9-21(13)12-15-10-14-6-3-4-7-16(14)19-17(15)18/h3-4,6-7,10,13H,5,8-9,11-12H2,1-2H3,(H2,18,19). The van der Waals surface area contributed by atoms with Crippen LogP contribution in [0.5, 0.6) is 0 Å². The van der Waals surface area contributed by atoms with Gasteiger partial charge in [0.25, 0.3) is 0 Å². The maximum atomic E-state index is 6.17. The number of nitrogens with two attached hydrogens (primary N) is 1. The molecule has 1 aliphatic heterocycles. The lowest BCUT2D eigenvalue weighted by Crippen LogP contribution is -2.37. The van der Waals surface area contributed by atoms with E-state index in [2.05, 4.69) is 40.9 Å². The van der Waals surface area contributed by atoms with E-state index in [0.717, 1.165) is 30.7 Å². The quantitative estimate of drug-likeness (QED) is 0.919. The van der Waals surface area contributed by atoms with E-state index < -0.39 is 0 Å². The fourth-order valence-electron chi connectivity index (χ4n) is 3.18. The first-order valence-corrected chi connectivity index (χ1v) is 7.70. The molecule has 4 nitrogen and oxygen atoms in total. The summed E-state index contributed by atoms with van der Waals surface area (Å²) >= 11 is 0. The number of anilines is 1. The first-order valence-electron chi connectivity index (χ1n) is 7.70. The number of nitrogens with zero attached hydrogens (tertiary/aromatic N) is 3. The average molecular weight is 284 g/mol. The highest BCUT2D eigenvalue weighted by molar-refractivity contribution is 5.81. The summed E-state index contributed by atoms with van der Waals surface area (Å²) in [7, 11) is 2.20. The van der Waals surface area contributed by atoms with Gasteiger partial charge in [0.2, 0.25) is 0 Å². The second kappa shape index (κ2) is 6.00. The predicted molar refractivity (Wildman–Crippen MR) is 88.1 cm³/mol. The molecule has 1 fully saturated rings. The molecule has 0 aliphatic carbocycles. The maximum absolute atomic E-state index is 6.17. The maximum Gasteiger partial charge on any atom is 0.128 e. The van der Waals surface area contributed by atoms with E-state index in [9.17, 15) is 0 Å². The van der Waals surface area contributed by atoms with Crippen LogP contribution in [0.15, 0.2) is 30.3 Å². The number of pyridine rings is 1. The topological polar surface area (TPSA) is 45.4 Å². The van der Waals surface area contributed by atoms with Crippen molar-refractivity contribution in [3.05, 3.63) is 35.9 Å². The molecule has 4 heteroatoms. The normalized spacial score (nSPS) is 21.5. The molecule has 0 spiro atoms. The minimum Gasteiger partial charge on any atom is -0.383 e. The Labute approximate surface area is 126 Å². The summed E-state index contributed by atoms with van der Waals surface area (Å²) in [4.78, 5) is 9.47. The Balaban J connectivity index is 1.85. The van der Waals surface area contributed by atoms with Crippen molar-refractivity contribution >= 4 is 16.7 Å². The lowest BCUT2D eigenvalue weighted by atomic mass is 10.1. The van der Waals surface area contributed by atoms with Crippen LogP contribution in [0.4, 0.5) is 5.82 Å². The largest absolute Gasteiger partial charge is 0.383 e. The van der Waals surface area contributed by atoms with E-state index in [1.54, 1.807) is 0 Å². The molecule has 0 radical (unpaired) electrons. The van der Waals surface area contributed by atoms with Gasteiger partial charge >= 0.3 is 0 Å². The van der Waals surface area contributed by atoms with Crippen molar-refractivity contribution in [2.24, 2.45) is 0 Å². The van der Waals surface area contributed by atoms with Gasteiger partial charge in [0.05, 0.1) is 5.52 Å². The van der Waals surface area contributed by atoms with Crippen LogP contribution in [0.2, 0.25) is 0 Å². The number of nitrogen functional groups attached to an aromatic ring is 1. The summed E-state index contributed by atoms with van der Waals surface area (Å²) < 4.78 is 0. The van der Waals surface area contributed by atoms with Gasteiger partial charge in [-0.15, -0.1) is 0 Å². The summed E-state index contributed by atoms with van der Waals surface area (Å²) in [6.45, 7) is 6.59. The van der Waals surface area contributed by atoms with Gasteiger partial charge in [-0.05, 0) is 39.1 Å². The van der Waals surface area contributed by atoms with Crippen LogP contribution in [0.3, 0.4) is 0 Å². The molecule has 1 aromatic heterocycles. The number of para-hydroxylation sites is 1. The molecular formula is C17H24N4. The van der Waals surface area contributed by atoms with Crippen LogP contribution in [0, 0.1) is 0 Å². The lowest BCUT2D eigenvalue weighted by molar-refractivity contribution is 0.195. The molecule has 1 saturated heterocycles. The van der Waals surface area contributed by atoms with Crippen LogP contribution in [0.25, 0.3) is 10.9 Å². The van der Waals surface area contributed by atoms with Gasteiger partial charge in [0.1, 0.15) is 5.82 Å². The molecule has 2 heterocycles. The smallest absolute Gasteiger partial charge is 0.128 e. The van der Waals surface area contributed by atoms with Gasteiger partial charge in [-0.3, -0.25) is 4.90 Å². The zero-order chi connectivity index (χ0) is 14.8. The molecule has 1 aromatic carbocycles. The first kappa shape index (κ1) is 14.3. The summed E-state index contributed by atoms with van der Waals surface area (Å²) in [5, 5.41) is 1.17. The van der Waals surface area contributed by atoms with Crippen molar-refractivity contribution in [3.8, 4) is 0 Å². The average Bonchev–Trinajstić information content (AvgIpc) is 2.61. The third kappa shape index (κ3) is 3.17. The zero-order valence-corrected chi connectivity index (χ0v) is 12.9. The Morgan fingerprint density at radius 3 is 2.95 bits per heavy atom. The predicted octanol–water partition coefficient (Wildman–Crippen LogP) is 2.34. The van der Waals surface area contributed by atoms with E-state index in [1.165, 1.54) is 18.4 Å². The van der Waals surface area contributed by atoms with Crippen molar-refractivity contribution < 1.29 is 0 Å². The van der Waals surface area contributed by atoms with Crippen LogP contribution >= 0.6 is 0 Å². The Kier molecular flexibility index (Phi) is 4.08. The molecule has 21 heavy (non-hydrogen) atoms. The SMILES string of the molecule is CC1CN(C)CCCN1Cc1cc2ccccc2nc1N. The van der Waals surface area contributed by atoms with E-state index in [-0.39, 0.29) is 0 Å². The Morgan fingerprint density at radius 2 is 2.10 bits per heavy atom. The van der Waals surface area contributed by atoms with E-state index in [0.29, 0.717) is 11.9 Å². The third-order valence-corrected chi connectivity index (χ3v) is 4.39. The van der Waals surface area contributed by atoms with Gasteiger partial charge < -0.3 is 10.6 Å². The fourth-order valence-corrected chi connectivity index (χ4v) is 3.18. The van der Waals surface area contributed by atoms with Gasteiger partial charge in [-0.1, -0.05) is 18.2 Å². The number of hydrogen-bond donors (Lipinski definition) is 1. The molecule has 0 amide bonds. The zero-order valence-electron chi connectivity index (χ0n) is 12.9. The minimum absolute atomic E-state index is 0.545. The van der Waals surface area contributed by atoms with Gasteiger partial charge in [0.15, 0.2) is 0 Å². The molecule has 1 unspecified atom stereocenters. The van der Waals surface area contributed by atoms with Crippen molar-refractivity contribution in [1.82, 2.24) is 14.8 Å². The van der Waals surface area contributed by atoms with Crippen LogP contribution in [0.1, 0.15) is 18.9 Å². The van der Waals surface area contributed by atoms with Gasteiger partial charge in [0, 0.05) is 36.6 Å². The second-order valence-corrected chi connectivity index (χ2v) is 6.16. The lowest BCUT2D eigenvalue weighted by Gasteiger charge is -2.28. The van der Waals surface area contributed by atoms with Crippen molar-refractivity contribution in [2.75, 3.05) is 32.4 Å². The summed E-state index contributed by atoms with van der Waals surface area (Å²) in [5.41, 5.74) is 8.29. The Hall–Kier alpha value is -1.65. The van der Waals surface area contributed by atoms with Crippen LogP contribution in [-0.2, 0) is 6.54 Å². The summed E-state index contributed by atoms with van der Waals surface area (Å²) in [6, 6.07) is 10.9. The highest BCUT2D eigenvalue weighted by Gasteiger charge is 2.20. The van der Waals surface area contributed by atoms with Crippen molar-refractivity contribution in [1.29, 1.82) is 0 Å². The van der Waals surface area contributed by atoms with Crippen LogP contribution < -0.4 is 5.73 Å². The summed E-state index contributed by atoms with van der Waals surface area (Å²) in [6.07, 6.45) is 1.21. The second-order valence-electron chi connectivity index (χ2n) is 6.16. The highest BCUT2D eigenvalue weighted by Crippen LogP contribution is 2.21. The molecule has 0 bridgehead atoms. The van der Waals surface area contributed by atoms with E-state index in [1.807, 2.05) is 18.2 Å². The number of likely N-dealkylation sites (N-methyl/N-ethyl adjacent to an activating group) is 1. The molecule has 1 atom stereocenters. The Morgan fingerprint density at radius 1 is 1.29 bits per heavy atom. The van der Waals surface area contributed by atoms with Gasteiger partial charge in [-0.2, -0.15) is 0 Å². The number of benzene rings is 1. The number of hydrogen-bond acceptors (Lipinski definition) is 4. The minimum atomic E-state index is 0.545. The first-order chi connectivity index (χ1) is 10.1. The van der Waals surface area contributed by atoms with Gasteiger partial charge in [-0.25, -0.2) is 4.98 Å². The molecule has 2 aromatic rings. The van der Waals surface area contributed by atoms with Crippen molar-refractivity contribution in [3.63, 3.8) is 0 Å². The number of rotatable bonds is 2. The van der Waals surface area contributed by atoms with E-state index in [4.69, 9.17) is 5.73 Å².